The summed E-state index contributed by atoms with van der Waals surface area (Å²) in [6.07, 6.45) is 3.51. The smallest absolute Gasteiger partial charge is 0.203 e. The van der Waals surface area contributed by atoms with E-state index < -0.39 is 0 Å². The third kappa shape index (κ3) is 2.98. The summed E-state index contributed by atoms with van der Waals surface area (Å²) >= 11 is 0. The van der Waals surface area contributed by atoms with Gasteiger partial charge in [0.05, 0.1) is 0 Å². The second kappa shape index (κ2) is 5.12. The average Bonchev–Trinajstić information content (AvgIpc) is 2.18. The van der Waals surface area contributed by atoms with Crippen molar-refractivity contribution in [2.24, 2.45) is 0 Å². The van der Waals surface area contributed by atoms with Crippen LogP contribution in [0.15, 0.2) is 35.9 Å². The topological polar surface area (TPSA) is 34.1 Å². The molecule has 0 bridgehead atoms. The summed E-state index contributed by atoms with van der Waals surface area (Å²) in [6, 6.07) is 9.43. The van der Waals surface area contributed by atoms with Crippen molar-refractivity contribution in [3.05, 3.63) is 41.5 Å². The molecule has 1 aromatic carbocycles. The molecule has 0 unspecified atom stereocenters. The molecule has 1 aromatic rings. The first-order valence-electron chi connectivity index (χ1n) is 4.35. The Kier molecular flexibility index (Phi) is 3.80. The highest BCUT2D eigenvalue weighted by Crippen LogP contribution is 2.09. The van der Waals surface area contributed by atoms with Crippen LogP contribution in [-0.2, 0) is 9.59 Å². The van der Waals surface area contributed by atoms with Crippen molar-refractivity contribution in [1.29, 1.82) is 0 Å². The number of carbonyl (C=O) groups is 1. The lowest BCUT2D eigenvalue weighted by Crippen LogP contribution is -1.96. The van der Waals surface area contributed by atoms with Crippen LogP contribution in [0.2, 0.25) is 0 Å². The Morgan fingerprint density at radius 2 is 2.00 bits per heavy atom. The van der Waals surface area contributed by atoms with Crippen molar-refractivity contribution in [2.45, 2.75) is 13.3 Å². The number of hydrogen-bond donors (Lipinski definition) is 0. The third-order valence-electron chi connectivity index (χ3n) is 1.86. The molecule has 2 heteroatoms. The molecule has 0 saturated carbocycles. The summed E-state index contributed by atoms with van der Waals surface area (Å²) in [5.74, 6) is -0.0859. The normalized spacial score (nSPS) is 11.1. The van der Waals surface area contributed by atoms with Gasteiger partial charge in [-0.05, 0) is 18.6 Å². The maximum atomic E-state index is 11.1. The quantitative estimate of drug-likeness (QED) is 0.677. The van der Waals surface area contributed by atoms with E-state index in [9.17, 15) is 9.59 Å². The summed E-state index contributed by atoms with van der Waals surface area (Å²) in [6.45, 7) is 1.45. The molecule has 0 aromatic heterocycles. The second-order valence-corrected chi connectivity index (χ2v) is 2.96. The zero-order chi connectivity index (χ0) is 10.4. The van der Waals surface area contributed by atoms with Gasteiger partial charge >= 0.3 is 0 Å². The van der Waals surface area contributed by atoms with Crippen molar-refractivity contribution in [3.63, 3.8) is 0 Å². The summed E-state index contributed by atoms with van der Waals surface area (Å²) in [7, 11) is 0. The van der Waals surface area contributed by atoms with Crippen LogP contribution in [0.25, 0.3) is 6.08 Å². The summed E-state index contributed by atoms with van der Waals surface area (Å²) in [5.41, 5.74) is 1.42. The van der Waals surface area contributed by atoms with E-state index in [0.29, 0.717) is 5.57 Å². The van der Waals surface area contributed by atoms with Crippen LogP contribution in [0.4, 0.5) is 0 Å². The van der Waals surface area contributed by atoms with Crippen LogP contribution in [0, 0.1) is 0 Å². The van der Waals surface area contributed by atoms with E-state index in [2.05, 4.69) is 0 Å². The molecule has 0 amide bonds. The minimum Gasteiger partial charge on any atom is -0.295 e. The van der Waals surface area contributed by atoms with Crippen LogP contribution in [-0.4, -0.2) is 12.1 Å². The van der Waals surface area contributed by atoms with Gasteiger partial charge in [-0.1, -0.05) is 30.3 Å². The fourth-order valence-electron chi connectivity index (χ4n) is 1.11. The molecule has 0 fully saturated rings. The number of Topliss-reactive ketones (excluding diaryl/α,β-unsaturated/α-hetero) is 1. The van der Waals surface area contributed by atoms with Crippen molar-refractivity contribution in [2.75, 3.05) is 0 Å². The fraction of sp³-hybridized carbons (Fsp3) is 0.167. The minimum absolute atomic E-state index is 0.0597. The Labute approximate surface area is 83.3 Å². The number of ketones is 1. The second-order valence-electron chi connectivity index (χ2n) is 2.96. The standard InChI is InChI=1S/C12H11O2/c1-10(14)12(7-8-13)9-11-5-3-2-4-6-11/h2-6,9H,7H2,1H3. The predicted octanol–water partition coefficient (Wildman–Crippen LogP) is 2.16. The van der Waals surface area contributed by atoms with Crippen LogP contribution in [0.3, 0.4) is 0 Å². The Morgan fingerprint density at radius 1 is 1.36 bits per heavy atom. The van der Waals surface area contributed by atoms with E-state index in [1.54, 1.807) is 12.4 Å². The molecule has 71 valence electrons. The van der Waals surface area contributed by atoms with Gasteiger partial charge in [-0.15, -0.1) is 0 Å². The van der Waals surface area contributed by atoms with E-state index in [-0.39, 0.29) is 12.2 Å². The monoisotopic (exact) mass is 187 g/mol. The maximum absolute atomic E-state index is 11.1. The third-order valence-corrected chi connectivity index (χ3v) is 1.86. The summed E-state index contributed by atoms with van der Waals surface area (Å²) in [4.78, 5) is 21.3. The lowest BCUT2D eigenvalue weighted by molar-refractivity contribution is -0.113. The van der Waals surface area contributed by atoms with Gasteiger partial charge < -0.3 is 0 Å². The van der Waals surface area contributed by atoms with Gasteiger partial charge in [-0.25, -0.2) is 0 Å². The Bertz CT molecular complexity index is 350. The highest BCUT2D eigenvalue weighted by atomic mass is 16.1. The van der Waals surface area contributed by atoms with Gasteiger partial charge in [0.1, 0.15) is 0 Å². The van der Waals surface area contributed by atoms with Crippen molar-refractivity contribution in [3.8, 4) is 0 Å². The van der Waals surface area contributed by atoms with Crippen LogP contribution in [0.1, 0.15) is 18.9 Å². The largest absolute Gasteiger partial charge is 0.295 e. The molecule has 0 spiro atoms. The van der Waals surface area contributed by atoms with Gasteiger partial charge in [0.2, 0.25) is 6.29 Å². The highest BCUT2D eigenvalue weighted by molar-refractivity contribution is 6.00. The first-order valence-corrected chi connectivity index (χ1v) is 4.35. The molecule has 1 rings (SSSR count). The molecule has 2 nitrogen and oxygen atoms in total. The first-order chi connectivity index (χ1) is 6.74. The predicted molar refractivity (Wildman–Crippen MR) is 55.4 cm³/mol. The zero-order valence-corrected chi connectivity index (χ0v) is 7.99. The summed E-state index contributed by atoms with van der Waals surface area (Å²) in [5, 5.41) is 0. The SMILES string of the molecule is CC(=O)C(=Cc1ccccc1)C[C]=O. The molecule has 0 saturated heterocycles. The molecule has 0 heterocycles. The van der Waals surface area contributed by atoms with Crippen molar-refractivity contribution >= 4 is 18.1 Å². The van der Waals surface area contributed by atoms with Gasteiger partial charge in [-0.2, -0.15) is 0 Å². The summed E-state index contributed by atoms with van der Waals surface area (Å²) < 4.78 is 0. The number of benzene rings is 1. The van der Waals surface area contributed by atoms with Gasteiger partial charge in [0.15, 0.2) is 5.78 Å². The van der Waals surface area contributed by atoms with E-state index in [0.717, 1.165) is 5.56 Å². The Morgan fingerprint density at radius 3 is 2.50 bits per heavy atom. The number of allylic oxidation sites excluding steroid dienone is 1. The number of hydrogen-bond acceptors (Lipinski definition) is 2. The van der Waals surface area contributed by atoms with Crippen LogP contribution >= 0.6 is 0 Å². The molecular weight excluding hydrogens is 176 g/mol. The van der Waals surface area contributed by atoms with Crippen molar-refractivity contribution in [1.82, 2.24) is 0 Å². The van der Waals surface area contributed by atoms with Gasteiger partial charge in [-0.3, -0.25) is 9.59 Å². The number of rotatable bonds is 4. The lowest BCUT2D eigenvalue weighted by Gasteiger charge is -1.97. The average molecular weight is 187 g/mol. The molecule has 1 radical (unpaired) electrons. The number of carbonyl (C=O) groups excluding carboxylic acids is 2. The minimum atomic E-state index is -0.0859. The lowest BCUT2D eigenvalue weighted by atomic mass is 10.1. The molecule has 0 atom stereocenters. The van der Waals surface area contributed by atoms with E-state index in [1.165, 1.54) is 6.92 Å². The van der Waals surface area contributed by atoms with Crippen molar-refractivity contribution < 1.29 is 9.59 Å². The zero-order valence-electron chi connectivity index (χ0n) is 7.99. The van der Waals surface area contributed by atoms with E-state index in [1.807, 2.05) is 30.3 Å². The maximum Gasteiger partial charge on any atom is 0.203 e. The molecular formula is C12H11O2. The molecule has 0 aliphatic carbocycles. The molecule has 0 N–H and O–H groups in total. The molecule has 14 heavy (non-hydrogen) atoms. The van der Waals surface area contributed by atoms with E-state index >= 15 is 0 Å². The Hall–Kier alpha value is -1.70. The fourth-order valence-corrected chi connectivity index (χ4v) is 1.11. The molecule has 0 aliphatic heterocycles. The van der Waals surface area contributed by atoms with Gasteiger partial charge in [0.25, 0.3) is 0 Å². The Balaban J connectivity index is 2.93. The molecule has 0 aliphatic rings. The van der Waals surface area contributed by atoms with Crippen LogP contribution in [0.5, 0.6) is 0 Å². The van der Waals surface area contributed by atoms with E-state index in [4.69, 9.17) is 0 Å². The van der Waals surface area contributed by atoms with Crippen LogP contribution < -0.4 is 0 Å². The van der Waals surface area contributed by atoms with Gasteiger partial charge in [0, 0.05) is 12.0 Å². The highest BCUT2D eigenvalue weighted by Gasteiger charge is 2.02. The first kappa shape index (κ1) is 10.4.